The first-order valence-electron chi connectivity index (χ1n) is 5.29. The molecule has 0 saturated heterocycles. The van der Waals surface area contributed by atoms with Gasteiger partial charge >= 0.3 is 12.0 Å². The van der Waals surface area contributed by atoms with Gasteiger partial charge in [0.25, 0.3) is 0 Å². The summed E-state index contributed by atoms with van der Waals surface area (Å²) in [5, 5.41) is 13.7. The predicted octanol–water partition coefficient (Wildman–Crippen LogP) is 0.744. The van der Waals surface area contributed by atoms with Crippen molar-refractivity contribution in [3.63, 3.8) is 0 Å². The molecule has 1 rings (SSSR count). The highest BCUT2D eigenvalue weighted by Crippen LogP contribution is 1.95. The molecule has 0 aliphatic carbocycles. The molecule has 1 atom stereocenters. The molecule has 0 aliphatic heterocycles. The second kappa shape index (κ2) is 6.47. The van der Waals surface area contributed by atoms with E-state index in [4.69, 9.17) is 5.11 Å². The van der Waals surface area contributed by atoms with Crippen molar-refractivity contribution in [2.45, 2.75) is 25.9 Å². The number of urea groups is 1. The van der Waals surface area contributed by atoms with Crippen molar-refractivity contribution in [1.82, 2.24) is 15.6 Å². The molecular formula is C11H15N3O3. The molecular weight excluding hydrogens is 222 g/mol. The van der Waals surface area contributed by atoms with E-state index in [9.17, 15) is 9.59 Å². The molecule has 0 saturated carbocycles. The van der Waals surface area contributed by atoms with Gasteiger partial charge in [-0.2, -0.15) is 0 Å². The topological polar surface area (TPSA) is 91.3 Å². The Balaban J connectivity index is 2.37. The lowest BCUT2D eigenvalue weighted by Crippen LogP contribution is -2.45. The number of pyridine rings is 1. The van der Waals surface area contributed by atoms with Gasteiger partial charge in [-0.15, -0.1) is 0 Å². The maximum atomic E-state index is 11.4. The average molecular weight is 237 g/mol. The Hall–Kier alpha value is -2.11. The number of rotatable bonds is 5. The third kappa shape index (κ3) is 4.50. The van der Waals surface area contributed by atoms with Crippen molar-refractivity contribution in [2.24, 2.45) is 0 Å². The third-order valence-corrected chi connectivity index (χ3v) is 2.21. The van der Waals surface area contributed by atoms with Crippen LogP contribution < -0.4 is 10.6 Å². The lowest BCUT2D eigenvalue weighted by Gasteiger charge is -2.13. The summed E-state index contributed by atoms with van der Waals surface area (Å²) in [7, 11) is 0. The van der Waals surface area contributed by atoms with Crippen LogP contribution in [0.1, 0.15) is 18.9 Å². The average Bonchev–Trinajstić information content (AvgIpc) is 2.34. The molecule has 0 fully saturated rings. The highest BCUT2D eigenvalue weighted by molar-refractivity contribution is 5.82. The number of hydrogen-bond donors (Lipinski definition) is 3. The summed E-state index contributed by atoms with van der Waals surface area (Å²) < 4.78 is 0. The molecule has 1 heterocycles. The van der Waals surface area contributed by atoms with E-state index in [-0.39, 0.29) is 0 Å². The largest absolute Gasteiger partial charge is 0.480 e. The minimum atomic E-state index is -1.04. The lowest BCUT2D eigenvalue weighted by atomic mass is 10.2. The molecule has 0 bridgehead atoms. The van der Waals surface area contributed by atoms with Crippen molar-refractivity contribution < 1.29 is 14.7 Å². The van der Waals surface area contributed by atoms with E-state index < -0.39 is 18.0 Å². The lowest BCUT2D eigenvalue weighted by molar-refractivity contribution is -0.139. The molecule has 92 valence electrons. The number of amides is 2. The normalized spacial score (nSPS) is 11.6. The highest BCUT2D eigenvalue weighted by Gasteiger charge is 2.16. The van der Waals surface area contributed by atoms with Crippen molar-refractivity contribution in [3.8, 4) is 0 Å². The van der Waals surface area contributed by atoms with Crippen LogP contribution in [0.25, 0.3) is 0 Å². The number of hydrogen-bond acceptors (Lipinski definition) is 3. The van der Waals surface area contributed by atoms with Crippen LogP contribution in [0.15, 0.2) is 24.5 Å². The zero-order valence-corrected chi connectivity index (χ0v) is 9.51. The molecule has 0 radical (unpaired) electrons. The minimum absolute atomic E-state index is 0.338. The van der Waals surface area contributed by atoms with Crippen molar-refractivity contribution in [3.05, 3.63) is 30.1 Å². The number of carbonyl (C=O) groups is 2. The molecule has 1 aromatic heterocycles. The summed E-state index contributed by atoms with van der Waals surface area (Å²) in [6, 6.07) is 2.20. The fraction of sp³-hybridized carbons (Fsp3) is 0.364. The minimum Gasteiger partial charge on any atom is -0.480 e. The Bertz CT molecular complexity index is 381. The van der Waals surface area contributed by atoms with Crippen molar-refractivity contribution >= 4 is 12.0 Å². The van der Waals surface area contributed by atoms with Gasteiger partial charge in [-0.25, -0.2) is 9.59 Å². The third-order valence-electron chi connectivity index (χ3n) is 2.21. The van der Waals surface area contributed by atoms with Crippen molar-refractivity contribution in [1.29, 1.82) is 0 Å². The van der Waals surface area contributed by atoms with Crippen LogP contribution in [-0.4, -0.2) is 28.1 Å². The van der Waals surface area contributed by atoms with E-state index >= 15 is 0 Å². The Labute approximate surface area is 99.1 Å². The second-order valence-electron chi connectivity index (χ2n) is 3.48. The van der Waals surface area contributed by atoms with Crippen LogP contribution in [-0.2, 0) is 11.3 Å². The van der Waals surface area contributed by atoms with Gasteiger partial charge in [0.1, 0.15) is 6.04 Å². The number of carboxylic acids is 1. The summed E-state index contributed by atoms with van der Waals surface area (Å²) in [5.41, 5.74) is 0.901. The zero-order valence-electron chi connectivity index (χ0n) is 9.51. The predicted molar refractivity (Wildman–Crippen MR) is 61.3 cm³/mol. The smallest absolute Gasteiger partial charge is 0.326 e. The number of aromatic nitrogens is 1. The Morgan fingerprint density at radius 1 is 1.41 bits per heavy atom. The zero-order chi connectivity index (χ0) is 12.7. The summed E-state index contributed by atoms with van der Waals surface area (Å²) in [4.78, 5) is 25.9. The van der Waals surface area contributed by atoms with Gasteiger partial charge in [0.2, 0.25) is 0 Å². The number of carbonyl (C=O) groups excluding carboxylic acids is 1. The second-order valence-corrected chi connectivity index (χ2v) is 3.48. The van der Waals surface area contributed by atoms with E-state index in [1.807, 2.05) is 0 Å². The van der Waals surface area contributed by atoms with E-state index in [2.05, 4.69) is 15.6 Å². The summed E-state index contributed by atoms with van der Waals surface area (Å²) >= 11 is 0. The molecule has 0 unspecified atom stereocenters. The van der Waals surface area contributed by atoms with Gasteiger partial charge in [-0.05, 0) is 24.1 Å². The maximum absolute atomic E-state index is 11.4. The van der Waals surface area contributed by atoms with E-state index in [1.165, 1.54) is 0 Å². The monoisotopic (exact) mass is 237 g/mol. The first-order chi connectivity index (χ1) is 8.13. The van der Waals surface area contributed by atoms with Gasteiger partial charge in [0.05, 0.1) is 0 Å². The molecule has 3 N–H and O–H groups in total. The van der Waals surface area contributed by atoms with Crippen LogP contribution in [0.4, 0.5) is 4.79 Å². The summed E-state index contributed by atoms with van der Waals surface area (Å²) in [5.74, 6) is -1.04. The summed E-state index contributed by atoms with van der Waals surface area (Å²) in [6.07, 6.45) is 3.60. The molecule has 2 amide bonds. The van der Waals surface area contributed by atoms with Gasteiger partial charge < -0.3 is 15.7 Å². The van der Waals surface area contributed by atoms with Crippen LogP contribution >= 0.6 is 0 Å². The van der Waals surface area contributed by atoms with Gasteiger partial charge in [0, 0.05) is 18.9 Å². The number of carboxylic acid groups (broad SMARTS) is 1. The molecule has 0 spiro atoms. The molecule has 0 aromatic carbocycles. The quantitative estimate of drug-likeness (QED) is 0.704. The Morgan fingerprint density at radius 3 is 2.59 bits per heavy atom. The first kappa shape index (κ1) is 13.0. The molecule has 6 heteroatoms. The van der Waals surface area contributed by atoms with Crippen LogP contribution in [0.2, 0.25) is 0 Å². The fourth-order valence-corrected chi connectivity index (χ4v) is 1.23. The van der Waals surface area contributed by atoms with E-state index in [0.29, 0.717) is 13.0 Å². The van der Waals surface area contributed by atoms with E-state index in [0.717, 1.165) is 5.56 Å². The fourth-order valence-electron chi connectivity index (χ4n) is 1.23. The van der Waals surface area contributed by atoms with Gasteiger partial charge in [0.15, 0.2) is 0 Å². The first-order valence-corrected chi connectivity index (χ1v) is 5.29. The molecule has 0 aliphatic rings. The number of aliphatic carboxylic acids is 1. The molecule has 1 aromatic rings. The highest BCUT2D eigenvalue weighted by atomic mass is 16.4. The maximum Gasteiger partial charge on any atom is 0.326 e. The van der Waals surface area contributed by atoms with Gasteiger partial charge in [-0.3, -0.25) is 4.98 Å². The van der Waals surface area contributed by atoms with Crippen LogP contribution in [0.5, 0.6) is 0 Å². The molecule has 6 nitrogen and oxygen atoms in total. The van der Waals surface area contributed by atoms with Crippen LogP contribution in [0, 0.1) is 0 Å². The van der Waals surface area contributed by atoms with Crippen LogP contribution in [0.3, 0.4) is 0 Å². The number of nitrogens with one attached hydrogen (secondary N) is 2. The van der Waals surface area contributed by atoms with E-state index in [1.54, 1.807) is 31.5 Å². The SMILES string of the molecule is CC[C@@H](NC(=O)NCc1ccncc1)C(=O)O. The Morgan fingerprint density at radius 2 is 2.06 bits per heavy atom. The van der Waals surface area contributed by atoms with Crippen molar-refractivity contribution in [2.75, 3.05) is 0 Å². The number of nitrogens with zero attached hydrogens (tertiary/aromatic N) is 1. The Kier molecular flexibility index (Phi) is 4.93. The van der Waals surface area contributed by atoms with Gasteiger partial charge in [-0.1, -0.05) is 6.92 Å². The summed E-state index contributed by atoms with van der Waals surface area (Å²) in [6.45, 7) is 2.03. The standard InChI is InChI=1S/C11H15N3O3/c1-2-9(10(15)16)14-11(17)13-7-8-3-5-12-6-4-8/h3-6,9H,2,7H2,1H3,(H,15,16)(H2,13,14,17)/t9-/m1/s1. The molecule has 17 heavy (non-hydrogen) atoms.